The number of amides is 1. The van der Waals surface area contributed by atoms with E-state index in [4.69, 9.17) is 5.21 Å². The number of nitrogens with one attached hydrogen (secondary N) is 1. The Balaban J connectivity index is -0.000000126. The minimum Gasteiger partial charge on any atom is -0.289 e. The van der Waals surface area contributed by atoms with Crippen LogP contribution in [0.2, 0.25) is 0 Å². The van der Waals surface area contributed by atoms with Crippen LogP contribution in [0.1, 0.15) is 48.0 Å². The fourth-order valence-electron chi connectivity index (χ4n) is 0.0791. The normalized spacial score (nSPS) is 7.83. The largest absolute Gasteiger partial charge is 0.289 e. The van der Waals surface area contributed by atoms with Crippen LogP contribution in [0.3, 0.4) is 0 Å². The average Bonchev–Trinajstić information content (AvgIpc) is 2.04. The van der Waals surface area contributed by atoms with Gasteiger partial charge in [-0.2, -0.15) is 0 Å². The zero-order valence-corrected chi connectivity index (χ0v) is 7.85. The molecule has 0 aliphatic carbocycles. The van der Waals surface area contributed by atoms with E-state index in [9.17, 15) is 4.79 Å². The molecule has 0 saturated carbocycles. The Bertz CT molecular complexity index is 86.5. The highest BCUT2D eigenvalue weighted by atomic mass is 16.5. The fourth-order valence-corrected chi connectivity index (χ4v) is 0.0791. The number of carbonyl (C=O) groups excluding carboxylic acids is 1. The molecule has 2 N–H and O–H groups in total. The molecule has 12 heavy (non-hydrogen) atoms. The lowest BCUT2D eigenvalue weighted by Gasteiger charge is -1.90. The molecular weight excluding hydrogens is 154 g/mol. The van der Waals surface area contributed by atoms with Crippen LogP contribution < -0.4 is 5.48 Å². The summed E-state index contributed by atoms with van der Waals surface area (Å²) in [7, 11) is 0. The molecule has 0 saturated heterocycles. The summed E-state index contributed by atoms with van der Waals surface area (Å²) in [6, 6.07) is 0. The molecule has 0 aliphatic rings. The third-order valence-electron chi connectivity index (χ3n) is 1.26. The van der Waals surface area contributed by atoms with Gasteiger partial charge in [0.1, 0.15) is 0 Å². The standard InChI is InChI=1S/C5H12.C3H7NO2.CH4/c1-4-5(2)3;1-2-3(5)4-6;/h5H,4H2,1-3H3;6H,2H2,1H3,(H,4,5);1H4. The number of rotatable bonds is 2. The molecule has 0 aromatic rings. The van der Waals surface area contributed by atoms with E-state index in [1.165, 1.54) is 11.9 Å². The second-order valence-corrected chi connectivity index (χ2v) is 2.69. The summed E-state index contributed by atoms with van der Waals surface area (Å²) in [6.45, 7) is 8.30. The van der Waals surface area contributed by atoms with Crippen molar-refractivity contribution in [1.29, 1.82) is 0 Å². The lowest BCUT2D eigenvalue weighted by molar-refractivity contribution is -0.128. The van der Waals surface area contributed by atoms with Crippen LogP contribution in [0.25, 0.3) is 0 Å². The SMILES string of the molecule is C.CCC(=O)NO.CCC(C)C. The molecule has 3 nitrogen and oxygen atoms in total. The molecule has 0 atom stereocenters. The fraction of sp³-hybridized carbons (Fsp3) is 0.889. The van der Waals surface area contributed by atoms with Gasteiger partial charge in [-0.1, -0.05) is 41.5 Å². The van der Waals surface area contributed by atoms with Gasteiger partial charge in [-0.15, -0.1) is 0 Å². The summed E-state index contributed by atoms with van der Waals surface area (Å²) in [5, 5.41) is 7.74. The first kappa shape index (κ1) is 17.5. The maximum atomic E-state index is 9.82. The van der Waals surface area contributed by atoms with E-state index in [0.29, 0.717) is 6.42 Å². The van der Waals surface area contributed by atoms with E-state index in [-0.39, 0.29) is 13.3 Å². The molecule has 0 heterocycles. The van der Waals surface area contributed by atoms with Crippen LogP contribution in [-0.2, 0) is 4.79 Å². The van der Waals surface area contributed by atoms with E-state index in [1.54, 1.807) is 6.92 Å². The summed E-state index contributed by atoms with van der Waals surface area (Å²) in [4.78, 5) is 9.82. The first-order valence-corrected chi connectivity index (χ1v) is 4.01. The van der Waals surface area contributed by atoms with Crippen molar-refractivity contribution in [1.82, 2.24) is 5.48 Å². The molecule has 0 aromatic heterocycles. The van der Waals surface area contributed by atoms with E-state index >= 15 is 0 Å². The van der Waals surface area contributed by atoms with Gasteiger partial charge < -0.3 is 0 Å². The topological polar surface area (TPSA) is 49.3 Å². The highest BCUT2D eigenvalue weighted by molar-refractivity contribution is 5.73. The zero-order valence-electron chi connectivity index (χ0n) is 7.85. The Kier molecular flexibility index (Phi) is 19.0. The summed E-state index contributed by atoms with van der Waals surface area (Å²) >= 11 is 0. The minimum atomic E-state index is -0.352. The predicted molar refractivity (Wildman–Crippen MR) is 52.1 cm³/mol. The molecule has 0 aliphatic heterocycles. The third-order valence-corrected chi connectivity index (χ3v) is 1.26. The number of carbonyl (C=O) groups is 1. The Labute approximate surface area is 76.1 Å². The molecule has 0 rings (SSSR count). The zero-order chi connectivity index (χ0) is 9.28. The Morgan fingerprint density at radius 3 is 1.75 bits per heavy atom. The van der Waals surface area contributed by atoms with E-state index in [1.807, 2.05) is 0 Å². The second kappa shape index (κ2) is 13.1. The van der Waals surface area contributed by atoms with Crippen LogP contribution in [0, 0.1) is 5.92 Å². The molecule has 0 bridgehead atoms. The van der Waals surface area contributed by atoms with Gasteiger partial charge >= 0.3 is 0 Å². The van der Waals surface area contributed by atoms with Crippen molar-refractivity contribution < 1.29 is 10.0 Å². The molecule has 0 unspecified atom stereocenters. The van der Waals surface area contributed by atoms with E-state index in [0.717, 1.165) is 5.92 Å². The van der Waals surface area contributed by atoms with Gasteiger partial charge in [0.15, 0.2) is 0 Å². The first-order valence-electron chi connectivity index (χ1n) is 4.01. The van der Waals surface area contributed by atoms with Crippen molar-refractivity contribution in [2.45, 2.75) is 48.0 Å². The molecule has 0 radical (unpaired) electrons. The lowest BCUT2D eigenvalue weighted by Crippen LogP contribution is -2.16. The van der Waals surface area contributed by atoms with Gasteiger partial charge in [-0.3, -0.25) is 10.0 Å². The van der Waals surface area contributed by atoms with Crippen LogP contribution in [-0.4, -0.2) is 11.1 Å². The lowest BCUT2D eigenvalue weighted by atomic mass is 10.2. The number of hydroxylamine groups is 1. The molecule has 0 aromatic carbocycles. The maximum absolute atomic E-state index is 9.82. The quantitative estimate of drug-likeness (QED) is 0.503. The highest BCUT2D eigenvalue weighted by Crippen LogP contribution is 1.93. The number of hydrogen-bond acceptors (Lipinski definition) is 2. The van der Waals surface area contributed by atoms with Gasteiger partial charge in [0.25, 0.3) is 0 Å². The Morgan fingerprint density at radius 1 is 1.42 bits per heavy atom. The summed E-state index contributed by atoms with van der Waals surface area (Å²) in [5.41, 5.74) is 1.48. The van der Waals surface area contributed by atoms with Crippen molar-refractivity contribution in [3.8, 4) is 0 Å². The molecular formula is C9H23NO2. The summed E-state index contributed by atoms with van der Waals surface area (Å²) in [5.74, 6) is 0.532. The van der Waals surface area contributed by atoms with E-state index in [2.05, 4.69) is 20.8 Å². The molecule has 76 valence electrons. The van der Waals surface area contributed by atoms with Crippen LogP contribution >= 0.6 is 0 Å². The van der Waals surface area contributed by atoms with Gasteiger partial charge in [0, 0.05) is 6.42 Å². The van der Waals surface area contributed by atoms with Gasteiger partial charge in [-0.25, -0.2) is 5.48 Å². The van der Waals surface area contributed by atoms with Crippen molar-refractivity contribution in [2.75, 3.05) is 0 Å². The Hall–Kier alpha value is -0.570. The predicted octanol–water partition coefficient (Wildman–Crippen LogP) is 2.59. The molecule has 0 fully saturated rings. The second-order valence-electron chi connectivity index (χ2n) is 2.69. The molecule has 1 amide bonds. The smallest absolute Gasteiger partial charge is 0.243 e. The summed E-state index contributed by atoms with van der Waals surface area (Å²) in [6.07, 6.45) is 1.64. The first-order chi connectivity index (χ1) is 5.08. The molecule has 3 heteroatoms. The maximum Gasteiger partial charge on any atom is 0.243 e. The van der Waals surface area contributed by atoms with Gasteiger partial charge in [0.05, 0.1) is 0 Å². The van der Waals surface area contributed by atoms with Crippen LogP contribution in [0.5, 0.6) is 0 Å². The summed E-state index contributed by atoms with van der Waals surface area (Å²) < 4.78 is 0. The van der Waals surface area contributed by atoms with Gasteiger partial charge in [0.2, 0.25) is 5.91 Å². The Morgan fingerprint density at radius 2 is 1.75 bits per heavy atom. The van der Waals surface area contributed by atoms with Crippen LogP contribution in [0.15, 0.2) is 0 Å². The molecule has 0 spiro atoms. The third kappa shape index (κ3) is 22.7. The van der Waals surface area contributed by atoms with Crippen LogP contribution in [0.4, 0.5) is 0 Å². The van der Waals surface area contributed by atoms with Crippen molar-refractivity contribution in [2.24, 2.45) is 5.92 Å². The number of hydrogen-bond donors (Lipinski definition) is 2. The minimum absolute atomic E-state index is 0. The highest BCUT2D eigenvalue weighted by Gasteiger charge is 1.86. The van der Waals surface area contributed by atoms with Crippen molar-refractivity contribution in [3.05, 3.63) is 0 Å². The van der Waals surface area contributed by atoms with Gasteiger partial charge in [-0.05, 0) is 5.92 Å². The van der Waals surface area contributed by atoms with Crippen molar-refractivity contribution in [3.63, 3.8) is 0 Å². The van der Waals surface area contributed by atoms with Crippen molar-refractivity contribution >= 4 is 5.91 Å². The monoisotopic (exact) mass is 177 g/mol. The average molecular weight is 177 g/mol. The van der Waals surface area contributed by atoms with E-state index < -0.39 is 0 Å².